The van der Waals surface area contributed by atoms with Crippen molar-refractivity contribution in [2.75, 3.05) is 0 Å². The van der Waals surface area contributed by atoms with Gasteiger partial charge in [0, 0.05) is 43.1 Å². The zero-order valence-electron chi connectivity index (χ0n) is 18.8. The highest BCUT2D eigenvalue weighted by molar-refractivity contribution is 7.80. The molecule has 5 rings (SSSR count). The Labute approximate surface area is 200 Å². The van der Waals surface area contributed by atoms with Gasteiger partial charge in [-0.05, 0) is 67.0 Å². The lowest BCUT2D eigenvalue weighted by Gasteiger charge is -2.28. The van der Waals surface area contributed by atoms with Crippen LogP contribution in [0, 0.1) is 13.8 Å². The van der Waals surface area contributed by atoms with Crippen LogP contribution in [0.2, 0.25) is 0 Å². The van der Waals surface area contributed by atoms with Crippen LogP contribution in [0.5, 0.6) is 0 Å². The first-order valence-corrected chi connectivity index (χ1v) is 11.6. The molecule has 4 heterocycles. The third kappa shape index (κ3) is 4.26. The summed E-state index contributed by atoms with van der Waals surface area (Å²) >= 11 is 5.85. The van der Waals surface area contributed by atoms with E-state index in [1.807, 2.05) is 42.9 Å². The molecule has 0 amide bonds. The highest BCUT2D eigenvalue weighted by Crippen LogP contribution is 2.41. The van der Waals surface area contributed by atoms with Gasteiger partial charge in [0.1, 0.15) is 0 Å². The fraction of sp³-hybridized carbons (Fsp3) is 0.222. The van der Waals surface area contributed by atoms with E-state index in [2.05, 4.69) is 81.1 Å². The fourth-order valence-corrected chi connectivity index (χ4v) is 5.04. The van der Waals surface area contributed by atoms with Crippen LogP contribution in [0.3, 0.4) is 0 Å². The van der Waals surface area contributed by atoms with Crippen molar-refractivity contribution in [2.24, 2.45) is 0 Å². The molecule has 1 N–H and O–H groups in total. The Morgan fingerprint density at radius 3 is 2.42 bits per heavy atom. The number of nitrogens with zero attached hydrogens (tertiary/aromatic N) is 4. The van der Waals surface area contributed by atoms with E-state index in [9.17, 15) is 0 Å². The molecule has 0 spiro atoms. The minimum atomic E-state index is -0.0187. The van der Waals surface area contributed by atoms with Gasteiger partial charge in [0.2, 0.25) is 0 Å². The van der Waals surface area contributed by atoms with Gasteiger partial charge < -0.3 is 14.8 Å². The topological polar surface area (TPSA) is 46.0 Å². The van der Waals surface area contributed by atoms with Crippen LogP contribution in [-0.4, -0.2) is 24.5 Å². The normalized spacial score (nSPS) is 17.9. The molecule has 0 aliphatic carbocycles. The summed E-state index contributed by atoms with van der Waals surface area (Å²) in [4.78, 5) is 11.3. The molecule has 1 aliphatic heterocycles. The summed E-state index contributed by atoms with van der Waals surface area (Å²) in [6.45, 7) is 5.91. The second-order valence-electron chi connectivity index (χ2n) is 8.51. The van der Waals surface area contributed by atoms with E-state index in [4.69, 9.17) is 12.2 Å². The third-order valence-electron chi connectivity index (χ3n) is 6.39. The summed E-state index contributed by atoms with van der Waals surface area (Å²) in [5, 5.41) is 4.33. The minimum Gasteiger partial charge on any atom is -0.352 e. The smallest absolute Gasteiger partial charge is 0.170 e. The zero-order valence-corrected chi connectivity index (χ0v) is 19.7. The molecule has 0 bridgehead atoms. The lowest BCUT2D eigenvalue weighted by atomic mass is 9.96. The van der Waals surface area contributed by atoms with Crippen molar-refractivity contribution in [2.45, 2.75) is 39.0 Å². The van der Waals surface area contributed by atoms with Crippen LogP contribution >= 0.6 is 12.2 Å². The summed E-state index contributed by atoms with van der Waals surface area (Å²) < 4.78 is 2.36. The molecular weight excluding hydrogens is 426 g/mol. The first-order valence-electron chi connectivity index (χ1n) is 11.2. The average Bonchev–Trinajstić information content (AvgIpc) is 3.31. The molecule has 166 valence electrons. The lowest BCUT2D eigenvalue weighted by Crippen LogP contribution is -2.29. The quantitative estimate of drug-likeness (QED) is 0.411. The first kappa shape index (κ1) is 21.3. The third-order valence-corrected chi connectivity index (χ3v) is 6.74. The number of aromatic nitrogens is 3. The van der Waals surface area contributed by atoms with Gasteiger partial charge >= 0.3 is 0 Å². The van der Waals surface area contributed by atoms with Gasteiger partial charge in [-0.25, -0.2) is 0 Å². The number of pyridine rings is 2. The predicted molar refractivity (Wildman–Crippen MR) is 135 cm³/mol. The van der Waals surface area contributed by atoms with Gasteiger partial charge in [0.25, 0.3) is 0 Å². The van der Waals surface area contributed by atoms with Crippen LogP contribution in [0.25, 0.3) is 0 Å². The largest absolute Gasteiger partial charge is 0.352 e. The molecule has 33 heavy (non-hydrogen) atoms. The first-order chi connectivity index (χ1) is 16.1. The summed E-state index contributed by atoms with van der Waals surface area (Å²) in [6, 6.07) is 23.0. The van der Waals surface area contributed by atoms with E-state index in [0.29, 0.717) is 0 Å². The number of rotatable bonds is 6. The average molecular weight is 454 g/mol. The monoisotopic (exact) mass is 453 g/mol. The molecule has 0 radical (unpaired) electrons. The lowest BCUT2D eigenvalue weighted by molar-refractivity contribution is 0.310. The van der Waals surface area contributed by atoms with Crippen LogP contribution < -0.4 is 5.32 Å². The summed E-state index contributed by atoms with van der Waals surface area (Å²) in [6.07, 6.45) is 5.60. The Morgan fingerprint density at radius 2 is 1.70 bits per heavy atom. The van der Waals surface area contributed by atoms with Crippen molar-refractivity contribution in [1.29, 1.82) is 0 Å². The highest BCUT2D eigenvalue weighted by Gasteiger charge is 2.41. The Balaban J connectivity index is 1.56. The van der Waals surface area contributed by atoms with Crippen LogP contribution in [0.4, 0.5) is 0 Å². The molecule has 1 fully saturated rings. The number of nitrogens with one attached hydrogen (secondary N) is 1. The highest BCUT2D eigenvalue weighted by atomic mass is 32.1. The van der Waals surface area contributed by atoms with Crippen molar-refractivity contribution in [1.82, 2.24) is 24.8 Å². The van der Waals surface area contributed by atoms with E-state index in [-0.39, 0.29) is 12.1 Å². The maximum absolute atomic E-state index is 5.85. The number of hydrogen-bond acceptors (Lipinski definition) is 3. The maximum Gasteiger partial charge on any atom is 0.170 e. The van der Waals surface area contributed by atoms with Gasteiger partial charge in [-0.1, -0.05) is 42.5 Å². The number of aryl methyl sites for hydroxylation is 1. The Hall–Kier alpha value is -3.51. The van der Waals surface area contributed by atoms with Gasteiger partial charge in [0.05, 0.1) is 17.8 Å². The number of hydrogen-bond donors (Lipinski definition) is 1. The van der Waals surface area contributed by atoms with Crippen LogP contribution in [0.15, 0.2) is 85.3 Å². The summed E-state index contributed by atoms with van der Waals surface area (Å²) in [7, 11) is 0. The molecular formula is C27H27N5S. The molecule has 0 saturated carbocycles. The van der Waals surface area contributed by atoms with E-state index in [1.165, 1.54) is 28.1 Å². The molecule has 6 heteroatoms. The van der Waals surface area contributed by atoms with Gasteiger partial charge in [-0.15, -0.1) is 0 Å². The summed E-state index contributed by atoms with van der Waals surface area (Å²) in [5.74, 6) is 0. The second-order valence-corrected chi connectivity index (χ2v) is 8.90. The van der Waals surface area contributed by atoms with Gasteiger partial charge in [-0.2, -0.15) is 0 Å². The molecule has 1 aromatic carbocycles. The molecule has 0 unspecified atom stereocenters. The molecule has 4 aromatic rings. The number of benzene rings is 1. The van der Waals surface area contributed by atoms with E-state index in [1.54, 1.807) is 0 Å². The zero-order chi connectivity index (χ0) is 22.8. The van der Waals surface area contributed by atoms with Gasteiger partial charge in [0.15, 0.2) is 5.11 Å². The Kier molecular flexibility index (Phi) is 5.92. The SMILES string of the molecule is Cc1cc([C@@H]2[C@@H](c3ccccn3)NC(=S)N2Cc2ccccc2)c(C)n1Cc1cccnc1. The van der Waals surface area contributed by atoms with E-state index in [0.717, 1.165) is 23.9 Å². The predicted octanol–water partition coefficient (Wildman–Crippen LogP) is 5.12. The van der Waals surface area contributed by atoms with Crippen molar-refractivity contribution < 1.29 is 0 Å². The fourth-order valence-electron chi connectivity index (χ4n) is 4.74. The molecule has 1 saturated heterocycles. The minimum absolute atomic E-state index is 0.0187. The molecule has 5 nitrogen and oxygen atoms in total. The standard InChI is InChI=1S/C27H27N5S/c1-19-15-23(20(2)31(19)18-22-11-8-13-28-16-22)26-25(24-12-6-7-14-29-24)30-27(33)32(26)17-21-9-4-3-5-10-21/h3-16,25-26H,17-18H2,1-2H3,(H,30,33)/t25-,26-/m1/s1. The van der Waals surface area contributed by atoms with Crippen molar-refractivity contribution in [3.05, 3.63) is 119 Å². The van der Waals surface area contributed by atoms with Crippen molar-refractivity contribution in [3.63, 3.8) is 0 Å². The second kappa shape index (κ2) is 9.16. The summed E-state index contributed by atoms with van der Waals surface area (Å²) in [5.41, 5.74) is 7.16. The maximum atomic E-state index is 5.85. The molecule has 2 atom stereocenters. The Morgan fingerprint density at radius 1 is 0.909 bits per heavy atom. The van der Waals surface area contributed by atoms with Crippen molar-refractivity contribution >= 4 is 17.3 Å². The molecule has 3 aromatic heterocycles. The molecule has 1 aliphatic rings. The number of thiocarbonyl (C=S) groups is 1. The van der Waals surface area contributed by atoms with Crippen LogP contribution in [-0.2, 0) is 13.1 Å². The Bertz CT molecular complexity index is 1240. The van der Waals surface area contributed by atoms with Crippen LogP contribution in [0.1, 0.15) is 45.9 Å². The van der Waals surface area contributed by atoms with Crippen molar-refractivity contribution in [3.8, 4) is 0 Å². The van der Waals surface area contributed by atoms with E-state index < -0.39 is 0 Å². The van der Waals surface area contributed by atoms with E-state index >= 15 is 0 Å². The van der Waals surface area contributed by atoms with Gasteiger partial charge in [-0.3, -0.25) is 9.97 Å².